The minimum absolute atomic E-state index is 0.294. The van der Waals surface area contributed by atoms with Gasteiger partial charge in [0, 0.05) is 11.3 Å². The molecule has 1 saturated heterocycles. The molecule has 2 aliphatic rings. The molecule has 2 heterocycles. The van der Waals surface area contributed by atoms with E-state index in [-0.39, 0.29) is 0 Å². The Labute approximate surface area is 177 Å². The van der Waals surface area contributed by atoms with E-state index in [1.54, 1.807) is 25.1 Å². The van der Waals surface area contributed by atoms with Crippen molar-refractivity contribution in [2.24, 2.45) is 5.73 Å². The van der Waals surface area contributed by atoms with E-state index in [0.29, 0.717) is 41.5 Å². The summed E-state index contributed by atoms with van der Waals surface area (Å²) in [7, 11) is 0. The number of hydrogen-bond acceptors (Lipinski definition) is 6. The lowest BCUT2D eigenvalue weighted by atomic mass is 9.91. The minimum atomic E-state index is -1.35. The highest BCUT2D eigenvalue weighted by Gasteiger charge is 2.49. The fourth-order valence-corrected chi connectivity index (χ4v) is 3.45. The normalized spacial score (nSPS) is 19.7. The van der Waals surface area contributed by atoms with E-state index in [4.69, 9.17) is 15.2 Å². The molecule has 5 amide bonds. The molecular weight excluding hydrogens is 404 g/mol. The van der Waals surface area contributed by atoms with Crippen molar-refractivity contribution < 1.29 is 28.7 Å². The zero-order chi connectivity index (χ0) is 22.2. The number of nitrogens with zero attached hydrogens (tertiary/aromatic N) is 1. The summed E-state index contributed by atoms with van der Waals surface area (Å²) in [6.07, 6.45) is 0. The van der Waals surface area contributed by atoms with E-state index in [1.807, 2.05) is 0 Å². The van der Waals surface area contributed by atoms with Gasteiger partial charge >= 0.3 is 6.03 Å². The van der Waals surface area contributed by atoms with Gasteiger partial charge in [-0.1, -0.05) is 6.07 Å². The van der Waals surface area contributed by atoms with Crippen LogP contribution in [-0.4, -0.2) is 48.4 Å². The van der Waals surface area contributed by atoms with Crippen LogP contribution in [0, 0.1) is 0 Å². The Morgan fingerprint density at radius 3 is 2.45 bits per heavy atom. The largest absolute Gasteiger partial charge is 0.486 e. The standard InChI is InChI=1S/C21H20N4O6/c1-21(13-4-7-15-16(10-13)31-9-8-30-15)19(28)25(20(29)24-21)11-17(26)23-14-5-2-12(3-6-14)18(22)27/h2-7,10H,8-9,11H2,1H3,(H2,22,27)(H,23,26)(H,24,29)/t21-/m0/s1. The van der Waals surface area contributed by atoms with Crippen molar-refractivity contribution in [2.75, 3.05) is 25.1 Å². The molecule has 4 N–H and O–H groups in total. The highest BCUT2D eigenvalue weighted by Crippen LogP contribution is 2.36. The number of benzene rings is 2. The predicted molar refractivity (Wildman–Crippen MR) is 109 cm³/mol. The summed E-state index contributed by atoms with van der Waals surface area (Å²) in [4.78, 5) is 49.9. The first-order valence-electron chi connectivity index (χ1n) is 9.52. The molecule has 0 spiro atoms. The van der Waals surface area contributed by atoms with Crippen LogP contribution in [0.3, 0.4) is 0 Å². The number of rotatable bonds is 5. The van der Waals surface area contributed by atoms with Crippen LogP contribution in [0.25, 0.3) is 0 Å². The number of primary amides is 1. The van der Waals surface area contributed by atoms with Gasteiger partial charge < -0.3 is 25.8 Å². The summed E-state index contributed by atoms with van der Waals surface area (Å²) in [6, 6.07) is 10.3. The Morgan fingerprint density at radius 2 is 1.77 bits per heavy atom. The second-order valence-corrected chi connectivity index (χ2v) is 7.29. The Morgan fingerprint density at radius 1 is 1.10 bits per heavy atom. The van der Waals surface area contributed by atoms with Crippen LogP contribution in [0.15, 0.2) is 42.5 Å². The molecule has 160 valence electrons. The summed E-state index contributed by atoms with van der Waals surface area (Å²) in [5.41, 5.74) is 5.04. The van der Waals surface area contributed by atoms with Crippen LogP contribution in [0.4, 0.5) is 10.5 Å². The molecule has 0 bridgehead atoms. The topological polar surface area (TPSA) is 140 Å². The molecule has 31 heavy (non-hydrogen) atoms. The quantitative estimate of drug-likeness (QED) is 0.611. The van der Waals surface area contributed by atoms with Crippen molar-refractivity contribution in [3.05, 3.63) is 53.6 Å². The van der Waals surface area contributed by atoms with Gasteiger partial charge in [-0.25, -0.2) is 4.79 Å². The molecule has 4 rings (SSSR count). The van der Waals surface area contributed by atoms with Crippen LogP contribution in [-0.2, 0) is 15.1 Å². The number of amides is 5. The lowest BCUT2D eigenvalue weighted by Crippen LogP contribution is -2.42. The fourth-order valence-electron chi connectivity index (χ4n) is 3.45. The number of imide groups is 1. The number of nitrogens with two attached hydrogens (primary N) is 1. The summed E-state index contributed by atoms with van der Waals surface area (Å²) < 4.78 is 11.0. The van der Waals surface area contributed by atoms with E-state index in [0.717, 1.165) is 4.90 Å². The van der Waals surface area contributed by atoms with Gasteiger partial charge in [-0.3, -0.25) is 19.3 Å². The first-order chi connectivity index (χ1) is 14.8. The first-order valence-corrected chi connectivity index (χ1v) is 9.52. The van der Waals surface area contributed by atoms with Crippen LogP contribution in [0.2, 0.25) is 0 Å². The lowest BCUT2D eigenvalue weighted by Gasteiger charge is -2.25. The highest BCUT2D eigenvalue weighted by atomic mass is 16.6. The third kappa shape index (κ3) is 3.75. The third-order valence-corrected chi connectivity index (χ3v) is 5.15. The van der Waals surface area contributed by atoms with Crippen LogP contribution in [0.1, 0.15) is 22.8 Å². The first kappa shape index (κ1) is 20.2. The summed E-state index contributed by atoms with van der Waals surface area (Å²) in [5.74, 6) is -0.664. The van der Waals surface area contributed by atoms with Crippen LogP contribution < -0.4 is 25.8 Å². The van der Waals surface area contributed by atoms with Gasteiger partial charge in [0.2, 0.25) is 11.8 Å². The molecule has 1 atom stereocenters. The van der Waals surface area contributed by atoms with E-state index in [1.165, 1.54) is 24.3 Å². The van der Waals surface area contributed by atoms with Gasteiger partial charge in [-0.05, 0) is 48.9 Å². The smallest absolute Gasteiger partial charge is 0.325 e. The number of hydrogen-bond donors (Lipinski definition) is 3. The monoisotopic (exact) mass is 424 g/mol. The Kier molecular flexibility index (Phi) is 4.97. The molecule has 1 fully saturated rings. The van der Waals surface area contributed by atoms with Crippen molar-refractivity contribution in [3.8, 4) is 11.5 Å². The maximum absolute atomic E-state index is 13.1. The number of carbonyl (C=O) groups is 4. The second kappa shape index (κ2) is 7.63. The average Bonchev–Trinajstić information content (AvgIpc) is 2.97. The van der Waals surface area contributed by atoms with Crippen molar-refractivity contribution >= 4 is 29.4 Å². The Bertz CT molecular complexity index is 1080. The molecule has 2 aromatic carbocycles. The van der Waals surface area contributed by atoms with E-state index >= 15 is 0 Å². The summed E-state index contributed by atoms with van der Waals surface area (Å²) in [5, 5.41) is 5.23. The van der Waals surface area contributed by atoms with Gasteiger partial charge in [-0.15, -0.1) is 0 Å². The number of anilines is 1. The van der Waals surface area contributed by atoms with E-state index in [9.17, 15) is 19.2 Å². The zero-order valence-electron chi connectivity index (χ0n) is 16.6. The van der Waals surface area contributed by atoms with Crippen molar-refractivity contribution in [1.29, 1.82) is 0 Å². The maximum atomic E-state index is 13.1. The molecule has 0 unspecified atom stereocenters. The predicted octanol–water partition coefficient (Wildman–Crippen LogP) is 0.962. The fraction of sp³-hybridized carbons (Fsp3) is 0.238. The molecular formula is C21H20N4O6. The molecule has 2 aliphatic heterocycles. The number of urea groups is 1. The number of carbonyl (C=O) groups excluding carboxylic acids is 4. The number of ether oxygens (including phenoxy) is 2. The van der Waals surface area contributed by atoms with Gasteiger partial charge in [0.15, 0.2) is 11.5 Å². The Hall–Kier alpha value is -4.08. The molecule has 10 nitrogen and oxygen atoms in total. The van der Waals surface area contributed by atoms with Gasteiger partial charge in [0.05, 0.1) is 0 Å². The summed E-state index contributed by atoms with van der Waals surface area (Å²) in [6.45, 7) is 1.93. The molecule has 0 aliphatic carbocycles. The molecule has 2 aromatic rings. The molecule has 10 heteroatoms. The van der Waals surface area contributed by atoms with Gasteiger partial charge in [0.25, 0.3) is 5.91 Å². The minimum Gasteiger partial charge on any atom is -0.486 e. The maximum Gasteiger partial charge on any atom is 0.325 e. The number of nitrogens with one attached hydrogen (secondary N) is 2. The summed E-state index contributed by atoms with van der Waals surface area (Å²) >= 11 is 0. The van der Waals surface area contributed by atoms with Gasteiger partial charge in [0.1, 0.15) is 25.3 Å². The van der Waals surface area contributed by atoms with Gasteiger partial charge in [-0.2, -0.15) is 0 Å². The Balaban J connectivity index is 1.47. The highest BCUT2D eigenvalue weighted by molar-refractivity contribution is 6.10. The van der Waals surface area contributed by atoms with E-state index < -0.39 is 35.8 Å². The number of fused-ring (bicyclic) bond motifs is 1. The molecule has 0 saturated carbocycles. The zero-order valence-corrected chi connectivity index (χ0v) is 16.6. The SMILES string of the molecule is C[C@@]1(c2ccc3c(c2)OCCO3)NC(=O)N(CC(=O)Nc2ccc(C(N)=O)cc2)C1=O. The molecule has 0 radical (unpaired) electrons. The van der Waals surface area contributed by atoms with E-state index in [2.05, 4.69) is 10.6 Å². The van der Waals surface area contributed by atoms with Crippen molar-refractivity contribution in [3.63, 3.8) is 0 Å². The van der Waals surface area contributed by atoms with Crippen molar-refractivity contribution in [1.82, 2.24) is 10.2 Å². The van der Waals surface area contributed by atoms with Crippen LogP contribution >= 0.6 is 0 Å². The average molecular weight is 424 g/mol. The van der Waals surface area contributed by atoms with Crippen molar-refractivity contribution in [2.45, 2.75) is 12.5 Å². The third-order valence-electron chi connectivity index (χ3n) is 5.15. The lowest BCUT2D eigenvalue weighted by molar-refractivity contribution is -0.133. The van der Waals surface area contributed by atoms with Crippen LogP contribution in [0.5, 0.6) is 11.5 Å². The second-order valence-electron chi connectivity index (χ2n) is 7.29. The molecule has 0 aromatic heterocycles.